The SMILES string of the molecule is FC(F)(F)c1cc([B-](c2cc(C(F)(F)F)cc(C(F)(F)F)c2)(c2cc(C(F)(F)F)cc(C(F)(F)F)c2)c2cc(C(F)(F)F)cc(C(F)(F)F)c2)cc(C(F)(F)F)c1.O=C(C=Cc1ccccc1)c1c2ccccc2cc[n+]1Cc1ccccc1. The van der Waals surface area contributed by atoms with Gasteiger partial charge in [-0.1, -0.05) is 133 Å². The van der Waals surface area contributed by atoms with Crippen LogP contribution in [0.2, 0.25) is 0 Å². The Kier molecular flexibility index (Phi) is 17.1. The highest BCUT2D eigenvalue weighted by atomic mass is 19.4. The number of carbonyl (C=O) groups is 1. The lowest BCUT2D eigenvalue weighted by molar-refractivity contribution is -0.688. The van der Waals surface area contributed by atoms with E-state index in [1.807, 2.05) is 89.6 Å². The van der Waals surface area contributed by atoms with Crippen molar-refractivity contribution in [2.24, 2.45) is 0 Å². The Morgan fingerprint density at radius 3 is 0.952 bits per heavy atom. The minimum Gasteiger partial charge on any atom is -0.282 e. The lowest BCUT2D eigenvalue weighted by atomic mass is 9.12. The number of hydrogen-bond donors (Lipinski definition) is 0. The molecule has 0 aliphatic carbocycles. The van der Waals surface area contributed by atoms with E-state index >= 15 is 0 Å². The molecule has 0 atom stereocenters. The number of hydrogen-bond acceptors (Lipinski definition) is 1. The third-order valence-corrected chi connectivity index (χ3v) is 13.0. The first-order valence-electron chi connectivity index (χ1n) is 23.7. The standard InChI is InChI=1S/C32H12BF24.C25H20NO/c34-25(35,36)13-1-14(26(37,38)39)6-21(5-13)33(22-7-15(27(40,41)42)2-16(8-22)28(43,44)45,23-9-17(29(46,47)48)3-18(10-23)30(49,50)51)24-11-19(31(52,53)54)4-20(12-24)32(55,56)57;27-24(16-15-20-9-3-1-4-10-20)25-23-14-8-7-13-22(23)17-18-26(25)19-21-11-5-2-6-12-21/h1-12H;1-18H,19H2/q-1;+1. The molecule has 0 amide bonds. The molecule has 0 bridgehead atoms. The third kappa shape index (κ3) is 14.4. The molecule has 1 heterocycles. The number of nitrogens with zero attached hydrogens (tertiary/aromatic N) is 1. The van der Waals surface area contributed by atoms with Crippen molar-refractivity contribution in [3.8, 4) is 0 Å². The van der Waals surface area contributed by atoms with Gasteiger partial charge in [-0.05, 0) is 47.4 Å². The molecular formula is C57H32BF24NO. The normalized spacial score (nSPS) is 13.3. The number of pyridine rings is 1. The highest BCUT2D eigenvalue weighted by Gasteiger charge is 2.47. The molecule has 0 unspecified atom stereocenters. The van der Waals surface area contributed by atoms with Crippen LogP contribution in [0.15, 0.2) is 176 Å². The quantitative estimate of drug-likeness (QED) is 0.0464. The summed E-state index contributed by atoms with van der Waals surface area (Å²) in [6, 6.07) is 21.4. The first-order valence-corrected chi connectivity index (χ1v) is 23.7. The Bertz CT molecular complexity index is 3280. The number of halogens is 24. The van der Waals surface area contributed by atoms with Crippen LogP contribution in [0.1, 0.15) is 66.1 Å². The van der Waals surface area contributed by atoms with Crippen LogP contribution in [0, 0.1) is 0 Å². The Morgan fingerprint density at radius 1 is 0.357 bits per heavy atom. The monoisotopic (exact) mass is 1210 g/mol. The van der Waals surface area contributed by atoms with Gasteiger partial charge in [0.25, 0.3) is 5.69 Å². The van der Waals surface area contributed by atoms with Crippen molar-refractivity contribution in [3.63, 3.8) is 0 Å². The fourth-order valence-electron chi connectivity index (χ4n) is 9.33. The summed E-state index contributed by atoms with van der Waals surface area (Å²) in [5.41, 5.74) is -27.3. The van der Waals surface area contributed by atoms with Gasteiger partial charge in [0.15, 0.2) is 12.7 Å². The van der Waals surface area contributed by atoms with Gasteiger partial charge >= 0.3 is 49.4 Å². The Hall–Kier alpha value is -8.26. The van der Waals surface area contributed by atoms with Gasteiger partial charge in [0.2, 0.25) is 5.78 Å². The molecule has 8 rings (SSSR count). The molecule has 1 aromatic heterocycles. The molecule has 0 saturated heterocycles. The Morgan fingerprint density at radius 2 is 0.643 bits per heavy atom. The Balaban J connectivity index is 0.000000309. The lowest BCUT2D eigenvalue weighted by Gasteiger charge is -2.46. The summed E-state index contributed by atoms with van der Waals surface area (Å²) in [6.07, 6.45) is -49.3. The number of ketones is 1. The third-order valence-electron chi connectivity index (χ3n) is 13.0. The lowest BCUT2D eigenvalue weighted by Crippen LogP contribution is -2.75. The average molecular weight is 1210 g/mol. The van der Waals surface area contributed by atoms with Crippen LogP contribution in [0.25, 0.3) is 16.8 Å². The molecular weight excluding hydrogens is 1180 g/mol. The molecule has 0 aliphatic heterocycles. The molecule has 0 spiro atoms. The molecule has 0 saturated carbocycles. The highest BCUT2D eigenvalue weighted by molar-refractivity contribution is 7.20. The summed E-state index contributed by atoms with van der Waals surface area (Å²) in [7, 11) is 0. The zero-order valence-corrected chi connectivity index (χ0v) is 41.5. The van der Waals surface area contributed by atoms with E-state index in [9.17, 15) is 110 Å². The van der Waals surface area contributed by atoms with Crippen LogP contribution in [0.5, 0.6) is 0 Å². The molecule has 0 fully saturated rings. The van der Waals surface area contributed by atoms with E-state index in [0.717, 1.165) is 16.3 Å². The van der Waals surface area contributed by atoms with Crippen molar-refractivity contribution >= 4 is 50.6 Å². The van der Waals surface area contributed by atoms with Crippen molar-refractivity contribution in [2.45, 2.75) is 56.0 Å². The number of allylic oxidation sites excluding steroid dienone is 1. The fourth-order valence-corrected chi connectivity index (χ4v) is 9.33. The minimum absolute atomic E-state index is 0.00610. The van der Waals surface area contributed by atoms with Gasteiger partial charge < -0.3 is 0 Å². The molecule has 2 nitrogen and oxygen atoms in total. The summed E-state index contributed by atoms with van der Waals surface area (Å²) >= 11 is 0. The van der Waals surface area contributed by atoms with Crippen LogP contribution in [-0.4, -0.2) is 11.9 Å². The summed E-state index contributed by atoms with van der Waals surface area (Å²) in [5.74, 6) is 0.00610. The maximum absolute atomic E-state index is 14.2. The van der Waals surface area contributed by atoms with Gasteiger partial charge in [-0.3, -0.25) is 4.79 Å². The number of aromatic nitrogens is 1. The van der Waals surface area contributed by atoms with E-state index in [-0.39, 0.29) is 5.78 Å². The highest BCUT2D eigenvalue weighted by Crippen LogP contribution is 2.41. The smallest absolute Gasteiger partial charge is 0.282 e. The maximum Gasteiger partial charge on any atom is 0.416 e. The van der Waals surface area contributed by atoms with Gasteiger partial charge in [-0.25, -0.2) is 0 Å². The topological polar surface area (TPSA) is 20.9 Å². The summed E-state index contributed by atoms with van der Waals surface area (Å²) in [6.45, 7) is 0.659. The van der Waals surface area contributed by atoms with E-state index in [2.05, 4.69) is 18.2 Å². The molecule has 0 aliphatic rings. The largest absolute Gasteiger partial charge is 0.416 e. The van der Waals surface area contributed by atoms with Crippen molar-refractivity contribution in [3.05, 3.63) is 237 Å². The predicted molar refractivity (Wildman–Crippen MR) is 260 cm³/mol. The predicted octanol–water partition coefficient (Wildman–Crippen LogP) is 16.3. The van der Waals surface area contributed by atoms with Gasteiger partial charge in [0.05, 0.1) is 49.9 Å². The van der Waals surface area contributed by atoms with E-state index in [1.165, 1.54) is 5.56 Å². The molecule has 0 N–H and O–H groups in total. The maximum atomic E-state index is 14.2. The van der Waals surface area contributed by atoms with E-state index < -0.39 is 195 Å². The first-order chi connectivity index (χ1) is 38.6. The molecule has 0 radical (unpaired) electrons. The minimum atomic E-state index is -6.13. The van der Waals surface area contributed by atoms with Gasteiger partial charge in [-0.2, -0.15) is 132 Å². The second-order valence-corrected chi connectivity index (χ2v) is 18.7. The van der Waals surface area contributed by atoms with Gasteiger partial charge in [0, 0.05) is 11.6 Å². The van der Waals surface area contributed by atoms with Crippen LogP contribution >= 0.6 is 0 Å². The number of fused-ring (bicyclic) bond motifs is 1. The average Bonchev–Trinajstić information content (AvgIpc) is 0.767. The number of benzene rings is 7. The Labute approximate surface area is 457 Å². The van der Waals surface area contributed by atoms with Crippen molar-refractivity contribution in [2.75, 3.05) is 0 Å². The second kappa shape index (κ2) is 22.7. The molecule has 442 valence electrons. The van der Waals surface area contributed by atoms with Gasteiger partial charge in [-0.15, -0.1) is 0 Å². The number of carbonyl (C=O) groups excluding carboxylic acids is 1. The number of rotatable bonds is 9. The van der Waals surface area contributed by atoms with Crippen molar-refractivity contribution in [1.82, 2.24) is 0 Å². The fraction of sp³-hybridized carbons (Fsp3) is 0.158. The molecule has 8 aromatic rings. The first kappa shape index (κ1) is 63.3. The second-order valence-electron chi connectivity index (χ2n) is 18.7. The van der Waals surface area contributed by atoms with Crippen molar-refractivity contribution < 1.29 is 115 Å². The van der Waals surface area contributed by atoms with Crippen LogP contribution in [0.3, 0.4) is 0 Å². The number of alkyl halides is 24. The van der Waals surface area contributed by atoms with Gasteiger partial charge in [0.1, 0.15) is 6.15 Å². The van der Waals surface area contributed by atoms with Crippen molar-refractivity contribution in [1.29, 1.82) is 0 Å². The molecule has 84 heavy (non-hydrogen) atoms. The molecule has 7 aromatic carbocycles. The van der Waals surface area contributed by atoms with Crippen LogP contribution in [-0.2, 0) is 56.0 Å². The van der Waals surface area contributed by atoms with Crippen LogP contribution < -0.4 is 26.4 Å². The van der Waals surface area contributed by atoms with E-state index in [0.29, 0.717) is 12.2 Å². The summed E-state index contributed by atoms with van der Waals surface area (Å²) in [5, 5.41) is 2.04. The summed E-state index contributed by atoms with van der Waals surface area (Å²) in [4.78, 5) is 13.1. The summed E-state index contributed by atoms with van der Waals surface area (Å²) < 4.78 is 343. The van der Waals surface area contributed by atoms with E-state index in [1.54, 1.807) is 6.08 Å². The van der Waals surface area contributed by atoms with Crippen LogP contribution in [0.4, 0.5) is 105 Å². The van der Waals surface area contributed by atoms with E-state index in [4.69, 9.17) is 0 Å². The zero-order valence-electron chi connectivity index (χ0n) is 41.5. The zero-order chi connectivity index (χ0) is 62.4. The molecule has 27 heteroatoms.